The first kappa shape index (κ1) is 17.5. The topological polar surface area (TPSA) is 74.0 Å². The summed E-state index contributed by atoms with van der Waals surface area (Å²) >= 11 is 1.66. The van der Waals surface area contributed by atoms with Crippen LogP contribution in [0.1, 0.15) is 22.5 Å². The molecule has 0 radical (unpaired) electrons. The summed E-state index contributed by atoms with van der Waals surface area (Å²) in [5.41, 5.74) is 0. The number of nitrogens with zero attached hydrogens (tertiary/aromatic N) is 4. The van der Waals surface area contributed by atoms with Crippen molar-refractivity contribution in [3.8, 4) is 0 Å². The van der Waals surface area contributed by atoms with Crippen molar-refractivity contribution in [1.29, 1.82) is 0 Å². The lowest BCUT2D eigenvalue weighted by atomic mass is 10.3. The van der Waals surface area contributed by atoms with E-state index in [1.807, 2.05) is 16.5 Å². The first-order valence-electron chi connectivity index (χ1n) is 8.52. The van der Waals surface area contributed by atoms with E-state index in [1.54, 1.807) is 23.5 Å². The zero-order valence-electron chi connectivity index (χ0n) is 14.4. The summed E-state index contributed by atoms with van der Waals surface area (Å²) in [6.07, 6.45) is 4.20. The van der Waals surface area contributed by atoms with Crippen molar-refractivity contribution in [3.05, 3.63) is 40.7 Å². The Balaban J connectivity index is 1.53. The van der Waals surface area contributed by atoms with Crippen LogP contribution in [0.5, 0.6) is 0 Å². The van der Waals surface area contributed by atoms with Gasteiger partial charge < -0.3 is 19.5 Å². The van der Waals surface area contributed by atoms with Gasteiger partial charge in [0.05, 0.1) is 11.3 Å². The summed E-state index contributed by atoms with van der Waals surface area (Å²) in [6.45, 7) is 6.44. The van der Waals surface area contributed by atoms with E-state index in [1.165, 1.54) is 6.26 Å². The maximum atomic E-state index is 12.3. The molecule has 1 fully saturated rings. The van der Waals surface area contributed by atoms with Crippen LogP contribution >= 0.6 is 11.3 Å². The monoisotopic (exact) mass is 361 g/mol. The predicted octanol–water partition coefficient (Wildman–Crippen LogP) is 1.70. The van der Waals surface area contributed by atoms with Crippen molar-refractivity contribution in [2.24, 2.45) is 4.99 Å². The van der Waals surface area contributed by atoms with E-state index in [-0.39, 0.29) is 5.91 Å². The standard InChI is InChI=1S/C17H23N5O2S/c1-2-18-17(20-6-5-15-19-7-13-25-15)22-10-8-21(9-11-22)16(23)14-4-3-12-24-14/h3-4,7,12-13H,2,5-6,8-11H2,1H3,(H,18,20). The minimum Gasteiger partial charge on any atom is -0.459 e. The minimum atomic E-state index is -0.0460. The Kier molecular flexibility index (Phi) is 6.05. The number of piperazine rings is 1. The van der Waals surface area contributed by atoms with Crippen LogP contribution in [0.15, 0.2) is 39.4 Å². The summed E-state index contributed by atoms with van der Waals surface area (Å²) in [7, 11) is 0. The molecule has 0 bridgehead atoms. The third-order valence-electron chi connectivity index (χ3n) is 4.00. The van der Waals surface area contributed by atoms with Crippen LogP contribution in [0.25, 0.3) is 0 Å². The Bertz CT molecular complexity index is 676. The zero-order valence-corrected chi connectivity index (χ0v) is 15.2. The first-order chi connectivity index (χ1) is 12.3. The molecular formula is C17H23N5O2S. The van der Waals surface area contributed by atoms with Gasteiger partial charge in [0, 0.05) is 57.3 Å². The Hall–Kier alpha value is -2.35. The number of aliphatic imine (C=N–C) groups is 1. The van der Waals surface area contributed by atoms with Gasteiger partial charge in [0.1, 0.15) is 0 Å². The van der Waals surface area contributed by atoms with Crippen molar-refractivity contribution < 1.29 is 9.21 Å². The van der Waals surface area contributed by atoms with Gasteiger partial charge in [0.25, 0.3) is 5.91 Å². The maximum absolute atomic E-state index is 12.3. The van der Waals surface area contributed by atoms with E-state index in [4.69, 9.17) is 9.41 Å². The molecule has 2 aromatic rings. The second-order valence-electron chi connectivity index (χ2n) is 5.67. The lowest BCUT2D eigenvalue weighted by molar-refractivity contribution is 0.0657. The molecular weight excluding hydrogens is 338 g/mol. The maximum Gasteiger partial charge on any atom is 0.289 e. The Morgan fingerprint density at radius 2 is 2.16 bits per heavy atom. The summed E-state index contributed by atoms with van der Waals surface area (Å²) in [5.74, 6) is 1.26. The number of aromatic nitrogens is 1. The van der Waals surface area contributed by atoms with E-state index < -0.39 is 0 Å². The van der Waals surface area contributed by atoms with Gasteiger partial charge in [-0.15, -0.1) is 11.3 Å². The highest BCUT2D eigenvalue weighted by Gasteiger charge is 2.25. The Morgan fingerprint density at radius 3 is 2.80 bits per heavy atom. The normalized spacial score (nSPS) is 15.5. The number of rotatable bonds is 5. The molecule has 0 atom stereocenters. The number of nitrogens with one attached hydrogen (secondary N) is 1. The van der Waals surface area contributed by atoms with E-state index in [0.29, 0.717) is 25.4 Å². The van der Waals surface area contributed by atoms with Crippen LogP contribution in [0, 0.1) is 0 Å². The van der Waals surface area contributed by atoms with Crippen molar-refractivity contribution >= 4 is 23.2 Å². The molecule has 7 nitrogen and oxygen atoms in total. The molecule has 1 N–H and O–H groups in total. The summed E-state index contributed by atoms with van der Waals surface area (Å²) < 4.78 is 5.20. The molecule has 0 aromatic carbocycles. The number of thiazole rings is 1. The van der Waals surface area contributed by atoms with Gasteiger partial charge in [0.2, 0.25) is 0 Å². The fraction of sp³-hybridized carbons (Fsp3) is 0.471. The lowest BCUT2D eigenvalue weighted by Crippen LogP contribution is -2.53. The van der Waals surface area contributed by atoms with Crippen LogP contribution in [0.2, 0.25) is 0 Å². The molecule has 134 valence electrons. The van der Waals surface area contributed by atoms with Gasteiger partial charge in [-0.1, -0.05) is 0 Å². The summed E-state index contributed by atoms with van der Waals surface area (Å²) in [5, 5.41) is 6.43. The fourth-order valence-electron chi connectivity index (χ4n) is 2.74. The molecule has 0 aliphatic carbocycles. The molecule has 0 spiro atoms. The van der Waals surface area contributed by atoms with Crippen LogP contribution in [-0.2, 0) is 6.42 Å². The molecule has 1 saturated heterocycles. The quantitative estimate of drug-likeness (QED) is 0.648. The van der Waals surface area contributed by atoms with E-state index >= 15 is 0 Å². The van der Waals surface area contributed by atoms with Crippen molar-refractivity contribution in [1.82, 2.24) is 20.1 Å². The van der Waals surface area contributed by atoms with Crippen LogP contribution < -0.4 is 5.32 Å². The highest BCUT2D eigenvalue weighted by Crippen LogP contribution is 2.10. The molecule has 0 saturated carbocycles. The molecule has 3 heterocycles. The third-order valence-corrected chi connectivity index (χ3v) is 4.84. The van der Waals surface area contributed by atoms with Crippen molar-refractivity contribution in [2.75, 3.05) is 39.3 Å². The van der Waals surface area contributed by atoms with Gasteiger partial charge in [-0.3, -0.25) is 9.79 Å². The van der Waals surface area contributed by atoms with Gasteiger partial charge in [-0.2, -0.15) is 0 Å². The molecule has 1 amide bonds. The number of carbonyl (C=O) groups is 1. The molecule has 25 heavy (non-hydrogen) atoms. The average Bonchev–Trinajstić information content (AvgIpc) is 3.34. The van der Waals surface area contributed by atoms with E-state index in [9.17, 15) is 4.79 Å². The Morgan fingerprint density at radius 1 is 1.36 bits per heavy atom. The molecule has 1 aliphatic heterocycles. The summed E-state index contributed by atoms with van der Waals surface area (Å²) in [6, 6.07) is 3.45. The molecule has 3 rings (SSSR count). The second kappa shape index (κ2) is 8.66. The first-order valence-corrected chi connectivity index (χ1v) is 9.40. The predicted molar refractivity (Wildman–Crippen MR) is 98.0 cm³/mol. The smallest absolute Gasteiger partial charge is 0.289 e. The van der Waals surface area contributed by atoms with Gasteiger partial charge >= 0.3 is 0 Å². The van der Waals surface area contributed by atoms with Crippen LogP contribution in [0.4, 0.5) is 0 Å². The van der Waals surface area contributed by atoms with Crippen molar-refractivity contribution in [2.45, 2.75) is 13.3 Å². The SMILES string of the molecule is CCNC(=NCCc1nccs1)N1CCN(C(=O)c2ccco2)CC1. The molecule has 0 unspecified atom stereocenters. The van der Waals surface area contributed by atoms with E-state index in [2.05, 4.69) is 22.1 Å². The van der Waals surface area contributed by atoms with E-state index in [0.717, 1.165) is 37.0 Å². The minimum absolute atomic E-state index is 0.0460. The number of amides is 1. The lowest BCUT2D eigenvalue weighted by Gasteiger charge is -2.36. The molecule has 2 aromatic heterocycles. The summed E-state index contributed by atoms with van der Waals surface area (Å²) in [4.78, 5) is 25.4. The molecule has 8 heteroatoms. The van der Waals surface area contributed by atoms with Gasteiger partial charge in [-0.25, -0.2) is 4.98 Å². The van der Waals surface area contributed by atoms with Crippen LogP contribution in [0.3, 0.4) is 0 Å². The largest absolute Gasteiger partial charge is 0.459 e. The highest BCUT2D eigenvalue weighted by atomic mass is 32.1. The third kappa shape index (κ3) is 4.60. The zero-order chi connectivity index (χ0) is 17.5. The fourth-order valence-corrected chi connectivity index (χ4v) is 3.35. The average molecular weight is 361 g/mol. The van der Waals surface area contributed by atoms with Gasteiger partial charge in [0.15, 0.2) is 11.7 Å². The van der Waals surface area contributed by atoms with Gasteiger partial charge in [-0.05, 0) is 19.1 Å². The second-order valence-corrected chi connectivity index (χ2v) is 6.65. The van der Waals surface area contributed by atoms with Crippen molar-refractivity contribution in [3.63, 3.8) is 0 Å². The number of hydrogen-bond acceptors (Lipinski definition) is 5. The number of hydrogen-bond donors (Lipinski definition) is 1. The Labute approximate surface area is 151 Å². The highest BCUT2D eigenvalue weighted by molar-refractivity contribution is 7.09. The number of carbonyl (C=O) groups excluding carboxylic acids is 1. The number of furan rings is 1. The van der Waals surface area contributed by atoms with Crippen LogP contribution in [-0.4, -0.2) is 65.9 Å². The molecule has 1 aliphatic rings. The number of guanidine groups is 1.